The van der Waals surface area contributed by atoms with Crippen LogP contribution in [0, 0.1) is 5.92 Å². The molecule has 3 atom stereocenters. The zero-order valence-electron chi connectivity index (χ0n) is 14.2. The normalized spacial score (nSPS) is 26.8. The van der Waals surface area contributed by atoms with Crippen LogP contribution in [0.4, 0.5) is 5.69 Å². The van der Waals surface area contributed by atoms with Gasteiger partial charge in [0.25, 0.3) is 0 Å². The van der Waals surface area contributed by atoms with Crippen molar-refractivity contribution < 1.29 is 9.47 Å². The minimum Gasteiger partial charge on any atom is -0.488 e. The summed E-state index contributed by atoms with van der Waals surface area (Å²) in [6.45, 7) is 0.652. The first-order valence-electron chi connectivity index (χ1n) is 8.64. The summed E-state index contributed by atoms with van der Waals surface area (Å²) in [7, 11) is 3.75. The molecule has 3 heterocycles. The topological polar surface area (TPSA) is 73.5 Å². The number of rotatable bonds is 2. The van der Waals surface area contributed by atoms with Crippen LogP contribution in [0.2, 0.25) is 0 Å². The first kappa shape index (κ1) is 15.4. The van der Waals surface area contributed by atoms with Crippen LogP contribution in [0.3, 0.4) is 0 Å². The van der Waals surface area contributed by atoms with Crippen LogP contribution in [0.25, 0.3) is 11.0 Å². The number of hydrogen-bond donors (Lipinski definition) is 1. The van der Waals surface area contributed by atoms with E-state index in [1.807, 2.05) is 12.1 Å². The number of likely N-dealkylation sites (N-methyl/N-ethyl adjacent to an activating group) is 1. The lowest BCUT2D eigenvalue weighted by Crippen LogP contribution is -2.52. The molecule has 0 aromatic carbocycles. The van der Waals surface area contributed by atoms with Crippen molar-refractivity contribution >= 4 is 16.7 Å². The number of pyridine rings is 2. The van der Waals surface area contributed by atoms with Gasteiger partial charge in [0.1, 0.15) is 17.8 Å². The van der Waals surface area contributed by atoms with Crippen LogP contribution in [-0.4, -0.2) is 42.8 Å². The molecule has 0 bridgehead atoms. The lowest BCUT2D eigenvalue weighted by atomic mass is 9.79. The minimum absolute atomic E-state index is 0.243. The SMILES string of the molecule is COc1ccc2ncc3c(c2n1)N(C)C(C1CCCCC1N)CO3. The second kappa shape index (κ2) is 6.09. The summed E-state index contributed by atoms with van der Waals surface area (Å²) in [5.74, 6) is 1.82. The molecule has 1 saturated carbocycles. The molecule has 128 valence electrons. The number of aromatic nitrogens is 2. The number of nitrogens with zero attached hydrogens (tertiary/aromatic N) is 3. The summed E-state index contributed by atoms with van der Waals surface area (Å²) in [5, 5.41) is 0. The van der Waals surface area contributed by atoms with Crippen LogP contribution in [0.1, 0.15) is 25.7 Å². The third kappa shape index (κ3) is 2.45. The van der Waals surface area contributed by atoms with Crippen LogP contribution < -0.4 is 20.1 Å². The zero-order valence-corrected chi connectivity index (χ0v) is 14.2. The van der Waals surface area contributed by atoms with E-state index in [1.165, 1.54) is 12.8 Å². The number of hydrogen-bond acceptors (Lipinski definition) is 6. The monoisotopic (exact) mass is 328 g/mol. The molecule has 2 aromatic heterocycles. The average molecular weight is 328 g/mol. The molecule has 6 heteroatoms. The number of anilines is 1. The molecule has 4 rings (SSSR count). The van der Waals surface area contributed by atoms with Gasteiger partial charge in [-0.15, -0.1) is 0 Å². The Morgan fingerprint density at radius 2 is 2.12 bits per heavy atom. The Labute approximate surface area is 142 Å². The van der Waals surface area contributed by atoms with Crippen LogP contribution >= 0.6 is 0 Å². The van der Waals surface area contributed by atoms with E-state index in [9.17, 15) is 0 Å². The van der Waals surface area contributed by atoms with Gasteiger partial charge in [0, 0.05) is 19.2 Å². The Morgan fingerprint density at radius 3 is 2.92 bits per heavy atom. The van der Waals surface area contributed by atoms with Gasteiger partial charge in [0.05, 0.1) is 24.9 Å². The highest BCUT2D eigenvalue weighted by atomic mass is 16.5. The summed E-state index contributed by atoms with van der Waals surface area (Å²) in [4.78, 5) is 11.4. The Balaban J connectivity index is 1.77. The fraction of sp³-hybridized carbons (Fsp3) is 0.556. The van der Waals surface area contributed by atoms with Gasteiger partial charge in [-0.25, -0.2) is 4.98 Å². The molecule has 2 N–H and O–H groups in total. The van der Waals surface area contributed by atoms with Crippen LogP contribution in [-0.2, 0) is 0 Å². The van der Waals surface area contributed by atoms with Crippen molar-refractivity contribution in [3.05, 3.63) is 18.3 Å². The number of ether oxygens (including phenoxy) is 2. The Morgan fingerprint density at radius 1 is 1.29 bits per heavy atom. The van der Waals surface area contributed by atoms with E-state index in [1.54, 1.807) is 13.3 Å². The van der Waals surface area contributed by atoms with Crippen molar-refractivity contribution in [2.24, 2.45) is 11.7 Å². The maximum atomic E-state index is 6.42. The molecule has 3 unspecified atom stereocenters. The number of fused-ring (bicyclic) bond motifs is 3. The largest absolute Gasteiger partial charge is 0.488 e. The second-order valence-electron chi connectivity index (χ2n) is 6.79. The third-order valence-corrected chi connectivity index (χ3v) is 5.46. The van der Waals surface area contributed by atoms with Crippen molar-refractivity contribution in [2.75, 3.05) is 25.7 Å². The predicted molar refractivity (Wildman–Crippen MR) is 93.7 cm³/mol. The van der Waals surface area contributed by atoms with Gasteiger partial charge in [-0.2, -0.15) is 0 Å². The van der Waals surface area contributed by atoms with Crippen LogP contribution in [0.15, 0.2) is 18.3 Å². The summed E-state index contributed by atoms with van der Waals surface area (Å²) >= 11 is 0. The van der Waals surface area contributed by atoms with E-state index < -0.39 is 0 Å². The van der Waals surface area contributed by atoms with E-state index in [4.69, 9.17) is 15.2 Å². The second-order valence-corrected chi connectivity index (χ2v) is 6.79. The molecule has 2 aromatic rings. The summed E-state index contributed by atoms with van der Waals surface area (Å²) in [6, 6.07) is 4.28. The first-order valence-corrected chi connectivity index (χ1v) is 8.64. The highest BCUT2D eigenvalue weighted by Crippen LogP contribution is 2.41. The molecule has 6 nitrogen and oxygen atoms in total. The maximum absolute atomic E-state index is 6.42. The molecule has 1 aliphatic carbocycles. The molecular formula is C18H24N4O2. The van der Waals surface area contributed by atoms with Crippen molar-refractivity contribution in [1.82, 2.24) is 9.97 Å². The summed E-state index contributed by atoms with van der Waals surface area (Å²) in [5.41, 5.74) is 9.08. The van der Waals surface area contributed by atoms with E-state index in [2.05, 4.69) is 21.9 Å². The molecular weight excluding hydrogens is 304 g/mol. The third-order valence-electron chi connectivity index (χ3n) is 5.46. The average Bonchev–Trinajstić information content (AvgIpc) is 2.62. The highest BCUT2D eigenvalue weighted by molar-refractivity contribution is 5.92. The predicted octanol–water partition coefficient (Wildman–Crippen LogP) is 2.35. The molecule has 1 aliphatic heterocycles. The molecule has 0 amide bonds. The summed E-state index contributed by atoms with van der Waals surface area (Å²) in [6.07, 6.45) is 6.54. The Kier molecular flexibility index (Phi) is 3.92. The maximum Gasteiger partial charge on any atom is 0.213 e. The molecule has 24 heavy (non-hydrogen) atoms. The fourth-order valence-corrected chi connectivity index (χ4v) is 4.11. The van der Waals surface area contributed by atoms with Gasteiger partial charge in [-0.05, 0) is 24.8 Å². The van der Waals surface area contributed by atoms with E-state index in [-0.39, 0.29) is 12.1 Å². The standard InChI is InChI=1S/C18H24N4O2/c1-22-14(11-5-3-4-6-12(11)19)10-24-15-9-20-13-7-8-16(23-2)21-17(13)18(15)22/h7-9,11-12,14H,3-6,10,19H2,1-2H3. The van der Waals surface area contributed by atoms with Crippen LogP contribution in [0.5, 0.6) is 11.6 Å². The molecule has 0 radical (unpaired) electrons. The molecule has 2 aliphatic rings. The van der Waals surface area contributed by atoms with E-state index >= 15 is 0 Å². The van der Waals surface area contributed by atoms with Gasteiger partial charge in [-0.3, -0.25) is 4.98 Å². The van der Waals surface area contributed by atoms with Gasteiger partial charge in [0.2, 0.25) is 5.88 Å². The quantitative estimate of drug-likeness (QED) is 0.912. The van der Waals surface area contributed by atoms with Gasteiger partial charge >= 0.3 is 0 Å². The lowest BCUT2D eigenvalue weighted by molar-refractivity contribution is 0.178. The van der Waals surface area contributed by atoms with Gasteiger partial charge in [0.15, 0.2) is 5.75 Å². The first-order chi connectivity index (χ1) is 11.7. The van der Waals surface area contributed by atoms with Crippen molar-refractivity contribution in [3.8, 4) is 11.6 Å². The molecule has 0 spiro atoms. The lowest BCUT2D eigenvalue weighted by Gasteiger charge is -2.43. The number of methoxy groups -OCH3 is 1. The zero-order chi connectivity index (χ0) is 16.7. The molecule has 0 saturated heterocycles. The van der Waals surface area contributed by atoms with Crippen molar-refractivity contribution in [3.63, 3.8) is 0 Å². The highest BCUT2D eigenvalue weighted by Gasteiger charge is 2.37. The smallest absolute Gasteiger partial charge is 0.213 e. The van der Waals surface area contributed by atoms with E-state index in [0.29, 0.717) is 18.4 Å². The minimum atomic E-state index is 0.243. The Bertz CT molecular complexity index is 746. The summed E-state index contributed by atoms with van der Waals surface area (Å²) < 4.78 is 11.3. The van der Waals surface area contributed by atoms with E-state index in [0.717, 1.165) is 35.3 Å². The Hall–Kier alpha value is -2.08. The van der Waals surface area contributed by atoms with Gasteiger partial charge < -0.3 is 20.1 Å². The van der Waals surface area contributed by atoms with Gasteiger partial charge in [-0.1, -0.05) is 12.8 Å². The molecule has 1 fully saturated rings. The van der Waals surface area contributed by atoms with Crippen molar-refractivity contribution in [2.45, 2.75) is 37.8 Å². The van der Waals surface area contributed by atoms with Crippen molar-refractivity contribution in [1.29, 1.82) is 0 Å². The number of nitrogens with two attached hydrogens (primary N) is 1. The fourth-order valence-electron chi connectivity index (χ4n) is 4.11.